The van der Waals surface area contributed by atoms with Gasteiger partial charge in [-0.25, -0.2) is 9.50 Å². The van der Waals surface area contributed by atoms with Crippen molar-refractivity contribution in [3.8, 4) is 0 Å². The topological polar surface area (TPSA) is 42.2 Å². The molecule has 1 aliphatic heterocycles. The fourth-order valence-corrected chi connectivity index (χ4v) is 3.83. The number of nitrogens with zero attached hydrogens (tertiary/aromatic N) is 3. The van der Waals surface area contributed by atoms with Crippen LogP contribution in [0.1, 0.15) is 49.6 Å². The highest BCUT2D eigenvalue weighted by Crippen LogP contribution is 2.34. The van der Waals surface area contributed by atoms with Crippen molar-refractivity contribution in [1.29, 1.82) is 0 Å². The lowest BCUT2D eigenvalue weighted by atomic mass is 9.98. The van der Waals surface area contributed by atoms with Crippen molar-refractivity contribution in [1.82, 2.24) is 19.9 Å². The lowest BCUT2D eigenvalue weighted by Gasteiger charge is -2.24. The molecule has 2 aromatic heterocycles. The van der Waals surface area contributed by atoms with Gasteiger partial charge in [-0.2, -0.15) is 5.10 Å². The highest BCUT2D eigenvalue weighted by Gasteiger charge is 2.26. The van der Waals surface area contributed by atoms with Crippen LogP contribution in [-0.4, -0.2) is 21.1 Å². The summed E-state index contributed by atoms with van der Waals surface area (Å²) in [5, 5.41) is 8.23. The van der Waals surface area contributed by atoms with Crippen LogP contribution in [0.5, 0.6) is 0 Å². The summed E-state index contributed by atoms with van der Waals surface area (Å²) in [4.78, 5) is 7.11. The van der Waals surface area contributed by atoms with Crippen LogP contribution < -0.4 is 5.32 Å². The molecule has 3 heterocycles. The fraction of sp³-hybridized carbons (Fsp3) is 0.692. The second-order valence-corrected chi connectivity index (χ2v) is 6.38. The van der Waals surface area contributed by atoms with Crippen LogP contribution in [0.25, 0.3) is 4.96 Å². The maximum atomic E-state index is 4.61. The molecular formula is C13H20N4S. The van der Waals surface area contributed by atoms with E-state index < -0.39 is 0 Å². The van der Waals surface area contributed by atoms with E-state index in [1.807, 2.05) is 11.3 Å². The predicted octanol–water partition coefficient (Wildman–Crippen LogP) is 2.59. The third-order valence-electron chi connectivity index (χ3n) is 3.46. The number of hydrogen-bond acceptors (Lipinski definition) is 4. The minimum atomic E-state index is 0.493. The molecule has 2 aromatic rings. The number of aromatic nitrogens is 3. The summed E-state index contributed by atoms with van der Waals surface area (Å²) in [7, 11) is 0. The molecule has 5 heteroatoms. The minimum Gasteiger partial charge on any atom is -0.309 e. The maximum absolute atomic E-state index is 4.61. The van der Waals surface area contributed by atoms with Gasteiger partial charge in [0.1, 0.15) is 0 Å². The molecule has 0 fully saturated rings. The standard InChI is InChI=1S/C13H20N4S/c1-4-11-15-13-17(16-11)10-5-6-14-9(7-8(2)3)12(10)18-13/h8-9,14H,4-7H2,1-3H3. The van der Waals surface area contributed by atoms with Crippen LogP contribution in [0.2, 0.25) is 0 Å². The molecule has 1 aliphatic rings. The second kappa shape index (κ2) is 4.63. The van der Waals surface area contributed by atoms with E-state index in [1.54, 1.807) is 0 Å². The first kappa shape index (κ1) is 12.1. The van der Waals surface area contributed by atoms with Gasteiger partial charge in [-0.3, -0.25) is 0 Å². The van der Waals surface area contributed by atoms with Crippen LogP contribution in [-0.2, 0) is 12.8 Å². The Hall–Kier alpha value is -0.940. The SMILES string of the molecule is CCc1nc2sc3c(n2n1)CCNC3CC(C)C. The van der Waals surface area contributed by atoms with E-state index in [4.69, 9.17) is 0 Å². The zero-order valence-electron chi connectivity index (χ0n) is 11.2. The number of fused-ring (bicyclic) bond motifs is 3. The molecule has 98 valence electrons. The smallest absolute Gasteiger partial charge is 0.212 e. The van der Waals surface area contributed by atoms with Gasteiger partial charge in [0, 0.05) is 30.3 Å². The molecular weight excluding hydrogens is 244 g/mol. The molecule has 1 unspecified atom stereocenters. The molecule has 0 spiro atoms. The molecule has 0 amide bonds. The molecule has 3 rings (SSSR count). The molecule has 1 N–H and O–H groups in total. The normalized spacial score (nSPS) is 19.7. The van der Waals surface area contributed by atoms with Crippen molar-refractivity contribution in [2.24, 2.45) is 5.92 Å². The Morgan fingerprint density at radius 2 is 2.33 bits per heavy atom. The second-order valence-electron chi connectivity index (χ2n) is 5.38. The van der Waals surface area contributed by atoms with Gasteiger partial charge >= 0.3 is 0 Å². The first-order valence-electron chi connectivity index (χ1n) is 6.79. The van der Waals surface area contributed by atoms with Gasteiger partial charge < -0.3 is 5.32 Å². The fourth-order valence-electron chi connectivity index (χ4n) is 2.61. The van der Waals surface area contributed by atoms with Crippen LogP contribution >= 0.6 is 11.3 Å². The van der Waals surface area contributed by atoms with Crippen LogP contribution in [0.3, 0.4) is 0 Å². The van der Waals surface area contributed by atoms with Crippen molar-refractivity contribution >= 4 is 16.3 Å². The first-order valence-corrected chi connectivity index (χ1v) is 7.61. The van der Waals surface area contributed by atoms with Gasteiger partial charge in [0.05, 0.1) is 5.69 Å². The Morgan fingerprint density at radius 1 is 1.50 bits per heavy atom. The molecule has 0 aliphatic carbocycles. The summed E-state index contributed by atoms with van der Waals surface area (Å²) in [5.41, 5.74) is 1.38. The van der Waals surface area contributed by atoms with Crippen LogP contribution in [0.15, 0.2) is 0 Å². The Bertz CT molecular complexity index is 555. The third-order valence-corrected chi connectivity index (χ3v) is 4.64. The quantitative estimate of drug-likeness (QED) is 0.926. The molecule has 0 aromatic carbocycles. The van der Waals surface area contributed by atoms with Gasteiger partial charge in [-0.15, -0.1) is 0 Å². The van der Waals surface area contributed by atoms with Gasteiger partial charge in [-0.1, -0.05) is 32.1 Å². The lowest BCUT2D eigenvalue weighted by Crippen LogP contribution is -2.30. The average Bonchev–Trinajstić information content (AvgIpc) is 2.86. The van der Waals surface area contributed by atoms with Crippen LogP contribution in [0, 0.1) is 5.92 Å². The summed E-state index contributed by atoms with van der Waals surface area (Å²) in [6.45, 7) is 7.72. The highest BCUT2D eigenvalue weighted by atomic mass is 32.1. The van der Waals surface area contributed by atoms with Crippen molar-refractivity contribution in [2.45, 2.75) is 46.1 Å². The zero-order valence-corrected chi connectivity index (χ0v) is 12.0. The van der Waals surface area contributed by atoms with E-state index in [2.05, 4.69) is 40.7 Å². The molecule has 0 saturated carbocycles. The summed E-state index contributed by atoms with van der Waals surface area (Å²) >= 11 is 1.81. The largest absolute Gasteiger partial charge is 0.309 e. The first-order chi connectivity index (χ1) is 8.69. The number of nitrogens with one attached hydrogen (secondary N) is 1. The molecule has 1 atom stereocenters. The van der Waals surface area contributed by atoms with Gasteiger partial charge in [0.15, 0.2) is 5.82 Å². The van der Waals surface area contributed by atoms with E-state index in [0.29, 0.717) is 12.0 Å². The maximum Gasteiger partial charge on any atom is 0.212 e. The molecule has 4 nitrogen and oxygen atoms in total. The molecule has 0 radical (unpaired) electrons. The van der Waals surface area contributed by atoms with E-state index in [-0.39, 0.29) is 0 Å². The predicted molar refractivity (Wildman–Crippen MR) is 74.1 cm³/mol. The Kier molecular flexibility index (Phi) is 3.11. The number of thiazole rings is 1. The summed E-state index contributed by atoms with van der Waals surface area (Å²) in [6, 6.07) is 0.493. The van der Waals surface area contributed by atoms with Gasteiger partial charge in [0.25, 0.3) is 0 Å². The van der Waals surface area contributed by atoms with Crippen molar-refractivity contribution in [2.75, 3.05) is 6.54 Å². The molecule has 0 saturated heterocycles. The number of hydrogen-bond donors (Lipinski definition) is 1. The molecule has 0 bridgehead atoms. The van der Waals surface area contributed by atoms with Gasteiger partial charge in [-0.05, 0) is 12.3 Å². The van der Waals surface area contributed by atoms with E-state index >= 15 is 0 Å². The van der Waals surface area contributed by atoms with Crippen LogP contribution in [0.4, 0.5) is 0 Å². The van der Waals surface area contributed by atoms with Crippen molar-refractivity contribution in [3.05, 3.63) is 16.4 Å². The van der Waals surface area contributed by atoms with Gasteiger partial charge in [0.2, 0.25) is 4.96 Å². The van der Waals surface area contributed by atoms with E-state index in [0.717, 1.165) is 30.2 Å². The van der Waals surface area contributed by atoms with Crippen molar-refractivity contribution < 1.29 is 0 Å². The zero-order chi connectivity index (χ0) is 12.7. The van der Waals surface area contributed by atoms with E-state index in [1.165, 1.54) is 17.0 Å². The average molecular weight is 264 g/mol. The highest BCUT2D eigenvalue weighted by molar-refractivity contribution is 7.17. The summed E-state index contributed by atoms with van der Waals surface area (Å²) < 4.78 is 2.08. The summed E-state index contributed by atoms with van der Waals surface area (Å²) in [6.07, 6.45) is 3.17. The summed E-state index contributed by atoms with van der Waals surface area (Å²) in [5.74, 6) is 1.67. The minimum absolute atomic E-state index is 0.493. The Balaban J connectivity index is 2.02. The number of aryl methyl sites for hydroxylation is 1. The third kappa shape index (κ3) is 1.95. The lowest BCUT2D eigenvalue weighted by molar-refractivity contribution is 0.416. The molecule has 18 heavy (non-hydrogen) atoms. The Labute approximate surface area is 111 Å². The number of rotatable bonds is 3. The van der Waals surface area contributed by atoms with E-state index in [9.17, 15) is 0 Å². The van der Waals surface area contributed by atoms with Crippen molar-refractivity contribution in [3.63, 3.8) is 0 Å². The monoisotopic (exact) mass is 264 g/mol. The Morgan fingerprint density at radius 3 is 3.06 bits per heavy atom.